The molecular weight excluding hydrogens is 208 g/mol. The van der Waals surface area contributed by atoms with E-state index in [0.717, 1.165) is 0 Å². The molecule has 0 aliphatic heterocycles. The second kappa shape index (κ2) is 7.52. The zero-order valence-electron chi connectivity index (χ0n) is 12.8. The molecule has 2 heteroatoms. The first kappa shape index (κ1) is 16.2. The average Bonchev–Trinajstić information content (AvgIpc) is 2.13. The van der Waals surface area contributed by atoms with Crippen molar-refractivity contribution in [3.05, 3.63) is 11.8 Å². The number of hydrogen-bond donors (Lipinski definition) is 1. The maximum Gasteiger partial charge on any atom is 0.0446 e. The minimum atomic E-state index is 0.358. The lowest BCUT2D eigenvalue weighted by atomic mass is 10.0. The van der Waals surface area contributed by atoms with Crippen molar-refractivity contribution in [2.24, 2.45) is 16.8 Å². The summed E-state index contributed by atoms with van der Waals surface area (Å²) in [5, 5.41) is 3.52. The van der Waals surface area contributed by atoms with Gasteiger partial charge in [-0.15, -0.1) is 0 Å². The lowest BCUT2D eigenvalue weighted by molar-refractivity contribution is 0.589. The Morgan fingerprint density at radius 1 is 0.882 bits per heavy atom. The lowest BCUT2D eigenvalue weighted by Crippen LogP contribution is -2.26. The Morgan fingerprint density at radius 2 is 1.41 bits per heavy atom. The van der Waals surface area contributed by atoms with Crippen LogP contribution >= 0.6 is 0 Å². The van der Waals surface area contributed by atoms with Crippen LogP contribution in [-0.4, -0.2) is 17.8 Å². The van der Waals surface area contributed by atoms with E-state index in [9.17, 15) is 0 Å². The summed E-state index contributed by atoms with van der Waals surface area (Å²) in [6, 6.07) is 0.826. The van der Waals surface area contributed by atoms with Gasteiger partial charge in [-0.05, 0) is 45.6 Å². The maximum absolute atomic E-state index is 4.71. The topological polar surface area (TPSA) is 24.4 Å². The molecule has 0 atom stereocenters. The van der Waals surface area contributed by atoms with Gasteiger partial charge in [0.2, 0.25) is 0 Å². The van der Waals surface area contributed by atoms with Crippen LogP contribution in [0.25, 0.3) is 0 Å². The van der Waals surface area contributed by atoms with Gasteiger partial charge in [-0.25, -0.2) is 0 Å². The van der Waals surface area contributed by atoms with Gasteiger partial charge in [0, 0.05) is 23.5 Å². The van der Waals surface area contributed by atoms with Crippen molar-refractivity contribution in [3.63, 3.8) is 0 Å². The molecule has 0 aromatic carbocycles. The molecule has 0 saturated carbocycles. The third-order valence-electron chi connectivity index (χ3n) is 2.38. The summed E-state index contributed by atoms with van der Waals surface area (Å²) in [6.07, 6.45) is 2.23. The number of nitrogens with zero attached hydrogens (tertiary/aromatic N) is 1. The van der Waals surface area contributed by atoms with Crippen LogP contribution in [0.4, 0.5) is 0 Å². The molecule has 0 spiro atoms. The van der Waals surface area contributed by atoms with Crippen molar-refractivity contribution >= 4 is 5.71 Å². The molecule has 100 valence electrons. The van der Waals surface area contributed by atoms with Crippen LogP contribution in [0, 0.1) is 11.8 Å². The Kier molecular flexibility index (Phi) is 7.17. The van der Waals surface area contributed by atoms with E-state index in [2.05, 4.69) is 66.8 Å². The number of aliphatic imine (C=N–C) groups is 1. The fraction of sp³-hybridized carbons (Fsp3) is 0.800. The number of rotatable bonds is 6. The quantitative estimate of drug-likeness (QED) is 0.694. The molecule has 0 heterocycles. The molecule has 0 aromatic rings. The van der Waals surface area contributed by atoms with Crippen molar-refractivity contribution in [3.8, 4) is 0 Å². The third-order valence-corrected chi connectivity index (χ3v) is 2.38. The predicted molar refractivity (Wildman–Crippen MR) is 78.6 cm³/mol. The van der Waals surface area contributed by atoms with Crippen LogP contribution in [0.5, 0.6) is 0 Å². The Labute approximate surface area is 108 Å². The van der Waals surface area contributed by atoms with Gasteiger partial charge >= 0.3 is 0 Å². The molecule has 0 bridgehead atoms. The zero-order chi connectivity index (χ0) is 13.6. The molecule has 0 amide bonds. The molecule has 0 aromatic heterocycles. The first-order valence-corrected chi connectivity index (χ1v) is 6.79. The van der Waals surface area contributed by atoms with E-state index in [1.807, 2.05) is 0 Å². The van der Waals surface area contributed by atoms with Gasteiger partial charge < -0.3 is 5.32 Å². The molecule has 0 saturated heterocycles. The minimum absolute atomic E-state index is 0.358. The molecule has 0 radical (unpaired) electrons. The van der Waals surface area contributed by atoms with E-state index in [4.69, 9.17) is 4.99 Å². The standard InChI is InChI=1S/C15H30N2/c1-10(2)14(16-12(5)6)9-15(11(3)4)17-13(7)8/h9-13,16H,1-8H3/b14-9-,17-15+. The van der Waals surface area contributed by atoms with Crippen molar-refractivity contribution in [1.82, 2.24) is 5.32 Å². The van der Waals surface area contributed by atoms with Crippen LogP contribution in [0.1, 0.15) is 55.4 Å². The van der Waals surface area contributed by atoms with Gasteiger partial charge in [-0.1, -0.05) is 27.7 Å². The number of allylic oxidation sites excluding steroid dienone is 2. The fourth-order valence-electron chi connectivity index (χ4n) is 1.52. The van der Waals surface area contributed by atoms with Crippen LogP contribution in [0.15, 0.2) is 16.8 Å². The van der Waals surface area contributed by atoms with E-state index in [1.165, 1.54) is 11.4 Å². The first-order valence-electron chi connectivity index (χ1n) is 6.79. The van der Waals surface area contributed by atoms with Crippen LogP contribution in [0.2, 0.25) is 0 Å². The second-order valence-electron chi connectivity index (χ2n) is 5.86. The summed E-state index contributed by atoms with van der Waals surface area (Å²) in [7, 11) is 0. The van der Waals surface area contributed by atoms with Crippen LogP contribution in [0.3, 0.4) is 0 Å². The molecule has 0 rings (SSSR count). The molecule has 0 fully saturated rings. The summed E-state index contributed by atoms with van der Waals surface area (Å²) < 4.78 is 0. The van der Waals surface area contributed by atoms with Gasteiger partial charge in [-0.2, -0.15) is 0 Å². The molecule has 0 aliphatic carbocycles. The van der Waals surface area contributed by atoms with E-state index < -0.39 is 0 Å². The molecule has 2 nitrogen and oxygen atoms in total. The Bertz CT molecular complexity index is 271. The van der Waals surface area contributed by atoms with Crippen molar-refractivity contribution in [2.45, 2.75) is 67.5 Å². The highest BCUT2D eigenvalue weighted by molar-refractivity contribution is 5.97. The van der Waals surface area contributed by atoms with Crippen molar-refractivity contribution in [2.75, 3.05) is 0 Å². The summed E-state index contributed by atoms with van der Waals surface area (Å²) in [5.41, 5.74) is 2.48. The maximum atomic E-state index is 4.71. The Hall–Kier alpha value is -0.790. The molecule has 0 aliphatic rings. The predicted octanol–water partition coefficient (Wildman–Crippen LogP) is 4.03. The Balaban J connectivity index is 5.09. The Morgan fingerprint density at radius 3 is 1.71 bits per heavy atom. The summed E-state index contributed by atoms with van der Waals surface area (Å²) in [6.45, 7) is 17.4. The van der Waals surface area contributed by atoms with Crippen LogP contribution < -0.4 is 5.32 Å². The van der Waals surface area contributed by atoms with E-state index in [0.29, 0.717) is 23.9 Å². The van der Waals surface area contributed by atoms with Crippen molar-refractivity contribution in [1.29, 1.82) is 0 Å². The van der Waals surface area contributed by atoms with E-state index >= 15 is 0 Å². The van der Waals surface area contributed by atoms with E-state index in [-0.39, 0.29) is 0 Å². The van der Waals surface area contributed by atoms with Crippen molar-refractivity contribution < 1.29 is 0 Å². The zero-order valence-corrected chi connectivity index (χ0v) is 12.8. The lowest BCUT2D eigenvalue weighted by Gasteiger charge is -2.19. The fourth-order valence-corrected chi connectivity index (χ4v) is 1.52. The van der Waals surface area contributed by atoms with Gasteiger partial charge in [0.25, 0.3) is 0 Å². The largest absolute Gasteiger partial charge is 0.386 e. The van der Waals surface area contributed by atoms with Gasteiger partial charge in [0.1, 0.15) is 0 Å². The molecule has 17 heavy (non-hydrogen) atoms. The molecule has 1 N–H and O–H groups in total. The molecular formula is C15H30N2. The monoisotopic (exact) mass is 238 g/mol. The highest BCUT2D eigenvalue weighted by Crippen LogP contribution is 2.11. The van der Waals surface area contributed by atoms with Gasteiger partial charge in [-0.3, -0.25) is 4.99 Å². The van der Waals surface area contributed by atoms with E-state index in [1.54, 1.807) is 0 Å². The highest BCUT2D eigenvalue weighted by Gasteiger charge is 2.09. The average molecular weight is 238 g/mol. The summed E-state index contributed by atoms with van der Waals surface area (Å²) in [4.78, 5) is 4.71. The number of nitrogens with one attached hydrogen (secondary N) is 1. The van der Waals surface area contributed by atoms with Crippen LogP contribution in [-0.2, 0) is 0 Å². The third kappa shape index (κ3) is 7.19. The normalized spacial score (nSPS) is 14.4. The number of hydrogen-bond acceptors (Lipinski definition) is 2. The SMILES string of the molecule is CC(C)/N=C(\C=C(/NC(C)C)C(C)C)C(C)C. The highest BCUT2D eigenvalue weighted by atomic mass is 14.9. The summed E-state index contributed by atoms with van der Waals surface area (Å²) >= 11 is 0. The second-order valence-corrected chi connectivity index (χ2v) is 5.86. The smallest absolute Gasteiger partial charge is 0.0446 e. The molecule has 0 unspecified atom stereocenters. The summed E-state index contributed by atoms with van der Waals surface area (Å²) in [5.74, 6) is 0.980. The minimum Gasteiger partial charge on any atom is -0.386 e. The first-order chi connectivity index (χ1) is 7.73. The van der Waals surface area contributed by atoms with Gasteiger partial charge in [0.05, 0.1) is 0 Å². The van der Waals surface area contributed by atoms with Gasteiger partial charge in [0.15, 0.2) is 0 Å².